The number of esters is 1. The first-order valence-electron chi connectivity index (χ1n) is 21.2. The number of aromatic nitrogens is 2. The summed E-state index contributed by atoms with van der Waals surface area (Å²) in [6.07, 6.45) is -1.70. The fourth-order valence-electron chi connectivity index (χ4n) is 6.87. The van der Waals surface area contributed by atoms with Crippen molar-refractivity contribution in [2.45, 2.75) is 94.6 Å². The summed E-state index contributed by atoms with van der Waals surface area (Å²) in [5.74, 6) is -0.531. The zero-order valence-corrected chi connectivity index (χ0v) is 41.4. The lowest BCUT2D eigenvalue weighted by molar-refractivity contribution is -0.150. The summed E-state index contributed by atoms with van der Waals surface area (Å²) >= 11 is 4.43. The molecule has 0 radical (unpaired) electrons. The number of hydrogen-bond acceptors (Lipinski definition) is 11. The van der Waals surface area contributed by atoms with E-state index in [1.165, 1.54) is 29.8 Å². The second-order valence-corrected chi connectivity index (χ2v) is 25.7. The first-order valence-corrected chi connectivity index (χ1v) is 26.9. The summed E-state index contributed by atoms with van der Waals surface area (Å²) < 4.78 is 16.8. The number of rotatable bonds is 17. The van der Waals surface area contributed by atoms with Gasteiger partial charge >= 0.3 is 12.1 Å². The molecule has 2 aromatic heterocycles. The monoisotopic (exact) mass is 934 g/mol. The standard InChI is InChI=1S/C50H58N4O6S3Si/c1-48(2,3)59-47(57)54-38(30-42(46(56)58-7)60-64(8,9)49(4,5)6)44-53-40(32-62-44)43(55)51-41(45-52-39(31-61-45)34-22-14-10-15-23-34)33-63-50(35-24-16-11-17-25-35,36-26-18-12-19-27-36)37-28-20-13-21-29-37/h10-29,31-32,38,41-42H,30,33H2,1-9H3,(H,51,55)(H,54,57)/t38-,41-,42-/m0/s1. The summed E-state index contributed by atoms with van der Waals surface area (Å²) in [4.78, 5) is 51.1. The zero-order valence-electron chi connectivity index (χ0n) is 37.9. The number of nitrogens with one attached hydrogen (secondary N) is 2. The van der Waals surface area contributed by atoms with Crippen LogP contribution in [0, 0.1) is 0 Å². The van der Waals surface area contributed by atoms with Gasteiger partial charge in [0.05, 0.1) is 29.6 Å². The molecule has 2 heterocycles. The third-order valence-corrected chi connectivity index (χ3v) is 19.1. The van der Waals surface area contributed by atoms with E-state index in [-0.39, 0.29) is 17.2 Å². The molecule has 0 unspecified atom stereocenters. The highest BCUT2D eigenvalue weighted by atomic mass is 32.2. The Morgan fingerprint density at radius 3 is 1.69 bits per heavy atom. The summed E-state index contributed by atoms with van der Waals surface area (Å²) in [5, 5.41) is 10.8. The van der Waals surface area contributed by atoms with Crippen LogP contribution in [0.3, 0.4) is 0 Å². The molecule has 14 heteroatoms. The minimum atomic E-state index is -2.50. The van der Waals surface area contributed by atoms with Gasteiger partial charge in [-0.05, 0) is 55.6 Å². The number of carbonyl (C=O) groups is 3. The molecule has 0 bridgehead atoms. The van der Waals surface area contributed by atoms with Gasteiger partial charge in [0, 0.05) is 28.5 Å². The number of nitrogens with zero attached hydrogens (tertiary/aromatic N) is 2. The molecule has 336 valence electrons. The van der Waals surface area contributed by atoms with Gasteiger partial charge in [0.25, 0.3) is 5.91 Å². The Labute approximate surface area is 390 Å². The Morgan fingerprint density at radius 1 is 0.688 bits per heavy atom. The van der Waals surface area contributed by atoms with Crippen LogP contribution in [0.15, 0.2) is 132 Å². The molecule has 0 aliphatic heterocycles. The molecule has 2 amide bonds. The molecule has 0 saturated heterocycles. The molecule has 6 rings (SSSR count). The van der Waals surface area contributed by atoms with Gasteiger partial charge in [-0.15, -0.1) is 34.4 Å². The van der Waals surface area contributed by atoms with Gasteiger partial charge < -0.3 is 24.5 Å². The average molecular weight is 935 g/mol. The van der Waals surface area contributed by atoms with Crippen molar-refractivity contribution in [2.75, 3.05) is 12.9 Å². The first kappa shape index (κ1) is 48.3. The maximum absolute atomic E-state index is 14.6. The van der Waals surface area contributed by atoms with Crippen molar-refractivity contribution in [3.05, 3.63) is 164 Å². The zero-order chi connectivity index (χ0) is 46.1. The van der Waals surface area contributed by atoms with Crippen LogP contribution in [0.5, 0.6) is 0 Å². The lowest BCUT2D eigenvalue weighted by atomic mass is 9.84. The van der Waals surface area contributed by atoms with Crippen LogP contribution < -0.4 is 10.6 Å². The minimum Gasteiger partial charge on any atom is -0.467 e. The van der Waals surface area contributed by atoms with E-state index in [1.807, 2.05) is 53.9 Å². The van der Waals surface area contributed by atoms with E-state index in [0.717, 1.165) is 33.0 Å². The molecule has 0 aliphatic carbocycles. The van der Waals surface area contributed by atoms with Crippen molar-refractivity contribution >= 4 is 60.7 Å². The van der Waals surface area contributed by atoms with Crippen LogP contribution in [0.25, 0.3) is 11.3 Å². The predicted octanol–water partition coefficient (Wildman–Crippen LogP) is 12.0. The average Bonchev–Trinajstić information content (AvgIpc) is 3.98. The Bertz CT molecular complexity index is 2360. The van der Waals surface area contributed by atoms with Crippen molar-refractivity contribution in [1.82, 2.24) is 20.6 Å². The third-order valence-electron chi connectivity index (χ3n) is 11.1. The van der Waals surface area contributed by atoms with Crippen LogP contribution in [-0.4, -0.2) is 60.8 Å². The summed E-state index contributed by atoms with van der Waals surface area (Å²) in [6, 6.07) is 39.9. The van der Waals surface area contributed by atoms with Crippen molar-refractivity contribution in [1.29, 1.82) is 0 Å². The summed E-state index contributed by atoms with van der Waals surface area (Å²) in [6.45, 7) is 15.7. The Hall–Kier alpha value is -5.12. The van der Waals surface area contributed by atoms with E-state index < -0.39 is 54.8 Å². The fourth-order valence-corrected chi connectivity index (χ4v) is 11.5. The molecule has 10 nitrogen and oxygen atoms in total. The number of benzene rings is 4. The molecule has 6 aromatic rings. The second-order valence-electron chi connectivity index (χ2n) is 17.9. The molecule has 64 heavy (non-hydrogen) atoms. The van der Waals surface area contributed by atoms with Crippen LogP contribution in [0.4, 0.5) is 4.79 Å². The van der Waals surface area contributed by atoms with E-state index in [2.05, 4.69) is 117 Å². The van der Waals surface area contributed by atoms with Crippen molar-refractivity contribution in [2.24, 2.45) is 0 Å². The van der Waals surface area contributed by atoms with E-state index in [1.54, 1.807) is 37.9 Å². The highest BCUT2D eigenvalue weighted by Crippen LogP contribution is 2.50. The van der Waals surface area contributed by atoms with Gasteiger partial charge in [0.15, 0.2) is 8.32 Å². The first-order chi connectivity index (χ1) is 30.4. The Balaban J connectivity index is 1.36. The van der Waals surface area contributed by atoms with Crippen LogP contribution in [0.2, 0.25) is 18.1 Å². The predicted molar refractivity (Wildman–Crippen MR) is 262 cm³/mol. The molecule has 0 aliphatic rings. The fraction of sp³-hybridized carbons (Fsp3) is 0.340. The molecule has 0 saturated carbocycles. The number of carbonyl (C=O) groups excluding carboxylic acids is 3. The Morgan fingerprint density at radius 2 is 1.19 bits per heavy atom. The number of alkyl carbamates (subject to hydrolysis) is 1. The highest BCUT2D eigenvalue weighted by Gasteiger charge is 2.43. The van der Waals surface area contributed by atoms with E-state index in [4.69, 9.17) is 23.9 Å². The van der Waals surface area contributed by atoms with Crippen molar-refractivity contribution < 1.29 is 28.3 Å². The summed E-state index contributed by atoms with van der Waals surface area (Å²) in [5.41, 5.74) is 4.46. The molecule has 0 fully saturated rings. The molecular formula is C50H58N4O6S3Si. The maximum atomic E-state index is 14.6. The van der Waals surface area contributed by atoms with Crippen molar-refractivity contribution in [3.8, 4) is 11.3 Å². The molecule has 3 atom stereocenters. The second kappa shape index (κ2) is 20.8. The SMILES string of the molecule is COC(=O)[C@H](C[C@H](NC(=O)OC(C)(C)C)c1nc(C(=O)N[C@@H](CSC(c2ccccc2)(c2ccccc2)c2ccccc2)c2nc(-c3ccccc3)cs2)cs1)O[Si](C)(C)C(C)(C)C. The smallest absolute Gasteiger partial charge is 0.408 e. The third kappa shape index (κ3) is 12.0. The van der Waals surface area contributed by atoms with Gasteiger partial charge in [-0.3, -0.25) is 4.79 Å². The van der Waals surface area contributed by atoms with Gasteiger partial charge in [0.2, 0.25) is 0 Å². The normalized spacial score (nSPS) is 13.6. The van der Waals surface area contributed by atoms with Gasteiger partial charge in [-0.2, -0.15) is 0 Å². The topological polar surface area (TPSA) is 129 Å². The van der Waals surface area contributed by atoms with Crippen molar-refractivity contribution in [3.63, 3.8) is 0 Å². The van der Waals surface area contributed by atoms with Gasteiger partial charge in [-0.25, -0.2) is 19.6 Å². The van der Waals surface area contributed by atoms with Crippen LogP contribution >= 0.6 is 34.4 Å². The van der Waals surface area contributed by atoms with E-state index in [0.29, 0.717) is 10.8 Å². The maximum Gasteiger partial charge on any atom is 0.408 e. The van der Waals surface area contributed by atoms with Gasteiger partial charge in [-0.1, -0.05) is 142 Å². The highest BCUT2D eigenvalue weighted by molar-refractivity contribution is 8.00. The minimum absolute atomic E-state index is 0.00812. The number of methoxy groups -OCH3 is 1. The molecule has 2 N–H and O–H groups in total. The molecule has 0 spiro atoms. The van der Waals surface area contributed by atoms with E-state index in [9.17, 15) is 14.4 Å². The summed E-state index contributed by atoms with van der Waals surface area (Å²) in [7, 11) is -1.18. The van der Waals surface area contributed by atoms with Crippen LogP contribution in [0.1, 0.15) is 97.2 Å². The quantitative estimate of drug-likeness (QED) is 0.0522. The van der Waals surface area contributed by atoms with Gasteiger partial charge in [0.1, 0.15) is 27.4 Å². The number of thiazole rings is 2. The lowest BCUT2D eigenvalue weighted by Gasteiger charge is -2.39. The van der Waals surface area contributed by atoms with Crippen LogP contribution in [-0.2, 0) is 23.4 Å². The lowest BCUT2D eigenvalue weighted by Crippen LogP contribution is -2.47. The molecule has 4 aromatic carbocycles. The number of ether oxygens (including phenoxy) is 2. The largest absolute Gasteiger partial charge is 0.467 e. The number of amides is 2. The van der Waals surface area contributed by atoms with E-state index >= 15 is 0 Å². The number of hydrogen-bond donors (Lipinski definition) is 2. The molecular weight excluding hydrogens is 877 g/mol. The Kier molecular flexibility index (Phi) is 15.7. The number of thioether (sulfide) groups is 1.